The average molecular weight is 774 g/mol. The first-order valence-electron chi connectivity index (χ1n) is 19.4. The van der Waals surface area contributed by atoms with Gasteiger partial charge in [-0.3, -0.25) is 9.11 Å². The second-order valence-electron chi connectivity index (χ2n) is 11.7. The van der Waals surface area contributed by atoms with Crippen LogP contribution in [0, 0.1) is 0 Å². The number of hydrogen-bond acceptors (Lipinski definition) is 5. The van der Waals surface area contributed by atoms with Crippen molar-refractivity contribution in [1.29, 1.82) is 0 Å². The molecule has 7 rings (SSSR count). The maximum atomic E-state index is 12.3. The molecule has 0 amide bonds. The van der Waals surface area contributed by atoms with Crippen molar-refractivity contribution in [1.82, 2.24) is 4.98 Å². The van der Waals surface area contributed by atoms with Crippen molar-refractivity contribution in [2.24, 2.45) is 0 Å². The fourth-order valence-electron chi connectivity index (χ4n) is 6.77. The summed E-state index contributed by atoms with van der Waals surface area (Å²) < 4.78 is 68.8. The molecular formula is C45H59NO6S2. The highest BCUT2D eigenvalue weighted by Crippen LogP contribution is 2.45. The van der Waals surface area contributed by atoms with Crippen molar-refractivity contribution in [3.63, 3.8) is 0 Å². The van der Waals surface area contributed by atoms with Crippen LogP contribution < -0.4 is 0 Å². The highest BCUT2D eigenvalue weighted by atomic mass is 32.2. The van der Waals surface area contributed by atoms with Gasteiger partial charge in [0.05, 0.1) is 21.5 Å². The summed E-state index contributed by atoms with van der Waals surface area (Å²) >= 11 is 0. The maximum absolute atomic E-state index is 12.3. The Balaban J connectivity index is 0.000000335. The standard InChI is InChI=1S/C20H22O6S2.C17H13N.4C2H6/c21-27(22,23)17-11-9-13-5-1-3-7-15(13)19(17)20-16-8-4-2-6-14(16)10-12-18(20)28(24,25)26;1-3-8-14(9-4-1)16-12-7-13-17(18-16)15-10-5-2-6-11-15;4*1-2/h1,3,5,7,10,12,17,19H,2,4,6,8-9,11H2,(H,21,22,23)(H,24,25,26);1-13H;4*1-2H3/t17-,19+;;;;;/m1...../s1. The average Bonchev–Trinajstić information content (AvgIpc) is 3.23. The fourth-order valence-corrected chi connectivity index (χ4v) is 8.58. The maximum Gasteiger partial charge on any atom is 0.294 e. The van der Waals surface area contributed by atoms with Crippen LogP contribution >= 0.6 is 0 Å². The van der Waals surface area contributed by atoms with E-state index in [1.807, 2.05) is 116 Å². The van der Waals surface area contributed by atoms with Crippen molar-refractivity contribution in [2.45, 2.75) is 110 Å². The second kappa shape index (κ2) is 22.9. The summed E-state index contributed by atoms with van der Waals surface area (Å²) in [7, 11) is -9.00. The Labute approximate surface area is 325 Å². The van der Waals surface area contributed by atoms with Crippen LogP contribution in [0.1, 0.15) is 108 Å². The Morgan fingerprint density at radius 3 is 1.56 bits per heavy atom. The summed E-state index contributed by atoms with van der Waals surface area (Å²) in [5.74, 6) is -0.843. The number of pyridine rings is 1. The Hall–Kier alpha value is -4.15. The molecule has 0 saturated heterocycles. The van der Waals surface area contributed by atoms with Crippen LogP contribution in [0.2, 0.25) is 0 Å². The molecule has 1 heterocycles. The molecular weight excluding hydrogens is 715 g/mol. The first-order valence-corrected chi connectivity index (χ1v) is 22.3. The Kier molecular flexibility index (Phi) is 19.5. The summed E-state index contributed by atoms with van der Waals surface area (Å²) in [6.07, 6.45) is 3.90. The number of nitrogens with zero attached hydrogens (tertiary/aromatic N) is 1. The van der Waals surface area contributed by atoms with Gasteiger partial charge in [0, 0.05) is 17.0 Å². The van der Waals surface area contributed by atoms with Gasteiger partial charge in [-0.05, 0) is 84.5 Å². The molecule has 0 aliphatic heterocycles. The molecule has 4 aromatic carbocycles. The van der Waals surface area contributed by atoms with E-state index in [0.717, 1.165) is 58.5 Å². The molecule has 292 valence electrons. The first-order chi connectivity index (χ1) is 26.1. The summed E-state index contributed by atoms with van der Waals surface area (Å²) in [6.45, 7) is 16.0. The van der Waals surface area contributed by atoms with Gasteiger partial charge < -0.3 is 0 Å². The number of benzene rings is 4. The summed E-state index contributed by atoms with van der Waals surface area (Å²) in [5.41, 5.74) is 8.04. The van der Waals surface area contributed by atoms with E-state index in [1.54, 1.807) is 18.2 Å². The molecule has 7 nitrogen and oxygen atoms in total. The van der Waals surface area contributed by atoms with E-state index in [9.17, 15) is 25.9 Å². The highest BCUT2D eigenvalue weighted by Gasteiger charge is 2.42. The zero-order chi connectivity index (χ0) is 40.3. The van der Waals surface area contributed by atoms with E-state index in [-0.39, 0.29) is 11.3 Å². The van der Waals surface area contributed by atoms with E-state index in [1.165, 1.54) is 6.07 Å². The van der Waals surface area contributed by atoms with Crippen molar-refractivity contribution in [3.8, 4) is 22.5 Å². The fraction of sp³-hybridized carbons (Fsp3) is 0.356. The van der Waals surface area contributed by atoms with Gasteiger partial charge in [0.1, 0.15) is 0 Å². The van der Waals surface area contributed by atoms with E-state index >= 15 is 0 Å². The molecule has 0 unspecified atom stereocenters. The largest absolute Gasteiger partial charge is 0.294 e. The zero-order valence-electron chi connectivity index (χ0n) is 33.2. The number of rotatable bonds is 5. The van der Waals surface area contributed by atoms with Gasteiger partial charge in [-0.25, -0.2) is 4.98 Å². The molecule has 2 aliphatic rings. The van der Waals surface area contributed by atoms with Crippen LogP contribution in [-0.4, -0.2) is 36.2 Å². The van der Waals surface area contributed by atoms with Crippen LogP contribution in [0.25, 0.3) is 22.5 Å². The van der Waals surface area contributed by atoms with Gasteiger partial charge in [0.25, 0.3) is 20.2 Å². The van der Waals surface area contributed by atoms with Gasteiger partial charge in [0.2, 0.25) is 0 Å². The normalized spacial score (nSPS) is 15.4. The zero-order valence-corrected chi connectivity index (χ0v) is 34.8. The molecule has 5 aromatic rings. The topological polar surface area (TPSA) is 122 Å². The number of aryl methyl sites for hydroxylation is 2. The van der Waals surface area contributed by atoms with E-state index in [4.69, 9.17) is 4.98 Å². The van der Waals surface area contributed by atoms with Gasteiger partial charge in [0.15, 0.2) is 0 Å². The van der Waals surface area contributed by atoms with Crippen molar-refractivity contribution >= 4 is 20.2 Å². The van der Waals surface area contributed by atoms with E-state index < -0.39 is 31.4 Å². The quantitative estimate of drug-likeness (QED) is 0.171. The van der Waals surface area contributed by atoms with Crippen LogP contribution in [0.15, 0.2) is 120 Å². The van der Waals surface area contributed by atoms with E-state index in [2.05, 4.69) is 30.3 Å². The predicted octanol–water partition coefficient (Wildman–Crippen LogP) is 11.7. The van der Waals surface area contributed by atoms with Crippen LogP contribution in [-0.2, 0) is 39.5 Å². The van der Waals surface area contributed by atoms with Crippen LogP contribution in [0.3, 0.4) is 0 Å². The molecule has 2 N–H and O–H groups in total. The third-order valence-corrected chi connectivity index (χ3v) is 11.0. The lowest BCUT2D eigenvalue weighted by Gasteiger charge is -2.35. The molecule has 0 saturated carbocycles. The predicted molar refractivity (Wildman–Crippen MR) is 225 cm³/mol. The lowest BCUT2D eigenvalue weighted by molar-refractivity contribution is 0.442. The van der Waals surface area contributed by atoms with Crippen molar-refractivity contribution in [2.75, 3.05) is 0 Å². The van der Waals surface area contributed by atoms with E-state index in [0.29, 0.717) is 24.0 Å². The monoisotopic (exact) mass is 773 g/mol. The molecule has 2 aliphatic carbocycles. The molecule has 54 heavy (non-hydrogen) atoms. The van der Waals surface area contributed by atoms with Crippen LogP contribution in [0.5, 0.6) is 0 Å². The summed E-state index contributed by atoms with van der Waals surface area (Å²) in [6, 6.07) is 37.0. The van der Waals surface area contributed by atoms with Gasteiger partial charge in [-0.2, -0.15) is 16.8 Å². The lowest BCUT2D eigenvalue weighted by atomic mass is 9.74. The molecule has 0 fully saturated rings. The highest BCUT2D eigenvalue weighted by molar-refractivity contribution is 7.86. The third-order valence-electron chi connectivity index (χ3n) is 8.86. The van der Waals surface area contributed by atoms with Crippen LogP contribution in [0.4, 0.5) is 0 Å². The summed E-state index contributed by atoms with van der Waals surface area (Å²) in [5, 5.41) is -1.16. The molecule has 9 heteroatoms. The number of aromatic nitrogens is 1. The lowest BCUT2D eigenvalue weighted by Crippen LogP contribution is -2.35. The van der Waals surface area contributed by atoms with Gasteiger partial charge in [-0.15, -0.1) is 0 Å². The SMILES string of the molecule is CC.CC.CC.CC.O=S(=O)(O)c1ccc2c(c1[C@H]1c3ccccc3CC[C@H]1S(=O)(=O)O)CCCC2.c1ccc(-c2cccc(-c3ccccc3)n2)cc1. The van der Waals surface area contributed by atoms with Gasteiger partial charge in [-0.1, -0.05) is 152 Å². The minimum absolute atomic E-state index is 0.190. The first kappa shape index (κ1) is 46.0. The molecule has 0 spiro atoms. The summed E-state index contributed by atoms with van der Waals surface area (Å²) in [4.78, 5) is 4.45. The minimum atomic E-state index is -4.56. The Morgan fingerprint density at radius 2 is 1.04 bits per heavy atom. The third kappa shape index (κ3) is 11.9. The Morgan fingerprint density at radius 1 is 0.537 bits per heavy atom. The number of fused-ring (bicyclic) bond motifs is 2. The molecule has 0 bridgehead atoms. The Bertz CT molecular complexity index is 2010. The van der Waals surface area contributed by atoms with Crippen molar-refractivity contribution in [3.05, 3.63) is 143 Å². The minimum Gasteiger partial charge on any atom is -0.285 e. The molecule has 0 radical (unpaired) electrons. The van der Waals surface area contributed by atoms with Gasteiger partial charge >= 0.3 is 0 Å². The smallest absolute Gasteiger partial charge is 0.285 e. The molecule has 2 atom stereocenters. The van der Waals surface area contributed by atoms with Crippen molar-refractivity contribution < 1.29 is 25.9 Å². The number of hydrogen-bond donors (Lipinski definition) is 2. The molecule has 1 aromatic heterocycles. The second-order valence-corrected chi connectivity index (χ2v) is 14.7.